The topological polar surface area (TPSA) is 60.8 Å². The number of carboxylic acids is 1. The van der Waals surface area contributed by atoms with Crippen molar-refractivity contribution >= 4 is 5.97 Å². The first-order chi connectivity index (χ1) is 7.43. The smallest absolute Gasteiger partial charge is 0.321 e. The maximum absolute atomic E-state index is 11.2. The van der Waals surface area contributed by atoms with Crippen molar-refractivity contribution in [1.82, 2.24) is 4.90 Å². The van der Waals surface area contributed by atoms with Crippen molar-refractivity contribution in [1.29, 1.82) is 0 Å². The van der Waals surface area contributed by atoms with Gasteiger partial charge in [-0.25, -0.2) is 0 Å². The molecule has 0 saturated carbocycles. The van der Waals surface area contributed by atoms with Gasteiger partial charge in [-0.3, -0.25) is 9.69 Å². The van der Waals surface area contributed by atoms with Gasteiger partial charge in [0.25, 0.3) is 0 Å². The molecule has 2 N–H and O–H groups in total. The van der Waals surface area contributed by atoms with Crippen LogP contribution in [0.2, 0.25) is 0 Å². The fourth-order valence-corrected chi connectivity index (χ4v) is 2.54. The minimum Gasteiger partial charge on any atom is -0.480 e. The Morgan fingerprint density at radius 1 is 1.25 bits per heavy atom. The Balaban J connectivity index is 2.54. The van der Waals surface area contributed by atoms with Gasteiger partial charge < -0.3 is 10.2 Å². The van der Waals surface area contributed by atoms with E-state index in [2.05, 4.69) is 0 Å². The largest absolute Gasteiger partial charge is 0.480 e. The van der Waals surface area contributed by atoms with Crippen molar-refractivity contribution in [3.8, 4) is 0 Å². The minimum atomic E-state index is -0.731. The zero-order chi connectivity index (χ0) is 12.3. The standard InChI is InChI=1S/C12H23NO3/c1-8(2)11(12(15)16)13-6-4-10(5-7-13)9(3)14/h8-11,14H,4-7H2,1-3H3,(H,15,16). The summed E-state index contributed by atoms with van der Waals surface area (Å²) in [6, 6.07) is -0.380. The van der Waals surface area contributed by atoms with Crippen LogP contribution >= 0.6 is 0 Å². The van der Waals surface area contributed by atoms with Crippen LogP contribution in [0.15, 0.2) is 0 Å². The second-order valence-corrected chi connectivity index (χ2v) is 5.14. The van der Waals surface area contributed by atoms with Crippen molar-refractivity contribution in [3.63, 3.8) is 0 Å². The number of aliphatic hydroxyl groups is 1. The molecule has 0 aromatic carbocycles. The summed E-state index contributed by atoms with van der Waals surface area (Å²) < 4.78 is 0. The van der Waals surface area contributed by atoms with Gasteiger partial charge in [0.05, 0.1) is 6.10 Å². The van der Waals surface area contributed by atoms with E-state index in [9.17, 15) is 15.0 Å². The first kappa shape index (κ1) is 13.5. The molecule has 0 aliphatic carbocycles. The van der Waals surface area contributed by atoms with Crippen molar-refractivity contribution in [2.75, 3.05) is 13.1 Å². The Morgan fingerprint density at radius 3 is 2.06 bits per heavy atom. The molecule has 1 saturated heterocycles. The molecule has 0 amide bonds. The van der Waals surface area contributed by atoms with Crippen LogP contribution in [0, 0.1) is 11.8 Å². The van der Waals surface area contributed by atoms with Gasteiger partial charge in [-0.15, -0.1) is 0 Å². The second-order valence-electron chi connectivity index (χ2n) is 5.14. The van der Waals surface area contributed by atoms with Gasteiger partial charge in [0, 0.05) is 0 Å². The predicted octanol–water partition coefficient (Wildman–Crippen LogP) is 1.19. The maximum Gasteiger partial charge on any atom is 0.321 e. The molecule has 0 spiro atoms. The lowest BCUT2D eigenvalue weighted by atomic mass is 9.90. The molecule has 1 fully saturated rings. The summed E-state index contributed by atoms with van der Waals surface area (Å²) in [6.07, 6.45) is 1.52. The highest BCUT2D eigenvalue weighted by Gasteiger charge is 2.32. The van der Waals surface area contributed by atoms with Crippen molar-refractivity contribution in [3.05, 3.63) is 0 Å². The van der Waals surface area contributed by atoms with E-state index in [0.717, 1.165) is 25.9 Å². The van der Waals surface area contributed by atoms with Crippen LogP contribution in [0.4, 0.5) is 0 Å². The highest BCUT2D eigenvalue weighted by molar-refractivity contribution is 5.73. The molecule has 0 aromatic rings. The van der Waals surface area contributed by atoms with Crippen LogP contribution < -0.4 is 0 Å². The molecule has 0 bridgehead atoms. The molecule has 1 rings (SSSR count). The van der Waals surface area contributed by atoms with Crippen molar-refractivity contribution in [2.45, 2.75) is 45.8 Å². The van der Waals surface area contributed by atoms with E-state index in [1.807, 2.05) is 25.7 Å². The van der Waals surface area contributed by atoms with Gasteiger partial charge in [-0.05, 0) is 44.7 Å². The number of aliphatic carboxylic acids is 1. The van der Waals surface area contributed by atoms with E-state index in [1.54, 1.807) is 0 Å². The lowest BCUT2D eigenvalue weighted by Crippen LogP contribution is -2.49. The van der Waals surface area contributed by atoms with Crippen LogP contribution in [0.25, 0.3) is 0 Å². The summed E-state index contributed by atoms with van der Waals surface area (Å²) in [6.45, 7) is 7.27. The molecule has 2 unspecified atom stereocenters. The van der Waals surface area contributed by atoms with E-state index in [0.29, 0.717) is 5.92 Å². The third-order valence-electron chi connectivity index (χ3n) is 3.53. The van der Waals surface area contributed by atoms with E-state index < -0.39 is 5.97 Å². The molecule has 0 aromatic heterocycles. The zero-order valence-corrected chi connectivity index (χ0v) is 10.4. The number of aliphatic hydroxyl groups excluding tert-OH is 1. The van der Waals surface area contributed by atoms with Gasteiger partial charge in [0.1, 0.15) is 6.04 Å². The maximum atomic E-state index is 11.2. The Labute approximate surface area is 97.3 Å². The molecule has 4 heteroatoms. The highest BCUT2D eigenvalue weighted by Crippen LogP contribution is 2.24. The van der Waals surface area contributed by atoms with E-state index in [1.165, 1.54) is 0 Å². The van der Waals surface area contributed by atoms with E-state index >= 15 is 0 Å². The SMILES string of the molecule is CC(C)C(C(=O)O)N1CCC(C(C)O)CC1. The van der Waals surface area contributed by atoms with Gasteiger partial charge in [0.2, 0.25) is 0 Å². The summed E-state index contributed by atoms with van der Waals surface area (Å²) in [5.41, 5.74) is 0. The number of carbonyl (C=O) groups is 1. The third kappa shape index (κ3) is 3.19. The molecule has 4 nitrogen and oxygen atoms in total. The fraction of sp³-hybridized carbons (Fsp3) is 0.917. The number of piperidine rings is 1. The number of likely N-dealkylation sites (tertiary alicyclic amines) is 1. The Hall–Kier alpha value is -0.610. The first-order valence-electron chi connectivity index (χ1n) is 6.08. The molecule has 1 heterocycles. The van der Waals surface area contributed by atoms with Crippen molar-refractivity contribution in [2.24, 2.45) is 11.8 Å². The third-order valence-corrected chi connectivity index (χ3v) is 3.53. The number of rotatable bonds is 4. The predicted molar refractivity (Wildman–Crippen MR) is 62.2 cm³/mol. The molecular weight excluding hydrogens is 206 g/mol. The number of nitrogens with zero attached hydrogens (tertiary/aromatic N) is 1. The van der Waals surface area contributed by atoms with Crippen LogP contribution in [0.5, 0.6) is 0 Å². The van der Waals surface area contributed by atoms with Crippen LogP contribution in [-0.2, 0) is 4.79 Å². The summed E-state index contributed by atoms with van der Waals surface area (Å²) in [5.74, 6) is -0.274. The molecule has 1 aliphatic rings. The highest BCUT2D eigenvalue weighted by atomic mass is 16.4. The quantitative estimate of drug-likeness (QED) is 0.760. The first-order valence-corrected chi connectivity index (χ1v) is 6.08. The zero-order valence-electron chi connectivity index (χ0n) is 10.4. The van der Waals surface area contributed by atoms with Crippen LogP contribution in [-0.4, -0.2) is 46.3 Å². The van der Waals surface area contributed by atoms with Crippen LogP contribution in [0.1, 0.15) is 33.6 Å². The molecule has 2 atom stereocenters. The number of hydrogen-bond donors (Lipinski definition) is 2. The molecule has 94 valence electrons. The summed E-state index contributed by atoms with van der Waals surface area (Å²) >= 11 is 0. The minimum absolute atomic E-state index is 0.126. The van der Waals surface area contributed by atoms with Gasteiger partial charge in [0.15, 0.2) is 0 Å². The summed E-state index contributed by atoms with van der Waals surface area (Å²) in [7, 11) is 0. The Morgan fingerprint density at radius 2 is 1.75 bits per heavy atom. The fourth-order valence-electron chi connectivity index (χ4n) is 2.54. The van der Waals surface area contributed by atoms with Crippen molar-refractivity contribution < 1.29 is 15.0 Å². The van der Waals surface area contributed by atoms with Gasteiger partial charge in [-0.1, -0.05) is 13.8 Å². The lowest BCUT2D eigenvalue weighted by molar-refractivity contribution is -0.146. The summed E-state index contributed by atoms with van der Waals surface area (Å²) in [5, 5.41) is 18.7. The number of carboxylic acid groups (broad SMARTS) is 1. The monoisotopic (exact) mass is 229 g/mol. The van der Waals surface area contributed by atoms with E-state index in [4.69, 9.17) is 0 Å². The summed E-state index contributed by atoms with van der Waals surface area (Å²) in [4.78, 5) is 13.2. The second kappa shape index (κ2) is 5.64. The Kier molecular flexibility index (Phi) is 4.74. The Bertz CT molecular complexity index is 232. The molecule has 0 radical (unpaired) electrons. The molecular formula is C12H23NO3. The average Bonchev–Trinajstić information content (AvgIpc) is 2.17. The van der Waals surface area contributed by atoms with Gasteiger partial charge in [-0.2, -0.15) is 0 Å². The normalized spacial score (nSPS) is 23.3. The van der Waals surface area contributed by atoms with E-state index in [-0.39, 0.29) is 18.1 Å². The average molecular weight is 229 g/mol. The van der Waals surface area contributed by atoms with Crippen LogP contribution in [0.3, 0.4) is 0 Å². The number of hydrogen-bond acceptors (Lipinski definition) is 3. The van der Waals surface area contributed by atoms with Gasteiger partial charge >= 0.3 is 5.97 Å². The lowest BCUT2D eigenvalue weighted by Gasteiger charge is -2.38. The molecule has 16 heavy (non-hydrogen) atoms. The molecule has 1 aliphatic heterocycles.